The van der Waals surface area contributed by atoms with Crippen molar-refractivity contribution in [2.24, 2.45) is 0 Å². The summed E-state index contributed by atoms with van der Waals surface area (Å²) in [4.78, 5) is 0. The van der Waals surface area contributed by atoms with Gasteiger partial charge in [0.05, 0.1) is 21.9 Å². The van der Waals surface area contributed by atoms with Crippen LogP contribution in [0.15, 0.2) is 194 Å². The van der Waals surface area contributed by atoms with Crippen molar-refractivity contribution >= 4 is 10.8 Å². The molecular weight excluding hydrogens is 797 g/mol. The largest absolute Gasteiger partial charge is 0.220 e. The molecule has 9 aromatic rings. The van der Waals surface area contributed by atoms with E-state index in [1.165, 1.54) is 113 Å². The summed E-state index contributed by atoms with van der Waals surface area (Å²) >= 11 is 0. The Balaban J connectivity index is 1.04. The fourth-order valence-corrected chi connectivity index (χ4v) is 12.3. The Labute approximate surface area is 391 Å². The molecule has 2 aliphatic rings. The molecule has 0 N–H and O–H groups in total. The van der Waals surface area contributed by atoms with E-state index in [0.717, 1.165) is 25.8 Å². The summed E-state index contributed by atoms with van der Waals surface area (Å²) in [6, 6.07) is 69.0. The van der Waals surface area contributed by atoms with E-state index in [-0.39, 0.29) is 16.9 Å². The van der Waals surface area contributed by atoms with Crippen molar-refractivity contribution in [1.82, 2.24) is 0 Å². The van der Waals surface area contributed by atoms with Crippen LogP contribution >= 0.6 is 0 Å². The number of unbranched alkanes of at least 4 members (excludes halogenated alkanes) is 1. The topological polar surface area (TPSA) is 7.76 Å². The fraction of sp³-hybridized carbons (Fsp3) is 0.219. The molecule has 0 aliphatic carbocycles. The highest BCUT2D eigenvalue weighted by molar-refractivity contribution is 5.94. The van der Waals surface area contributed by atoms with Gasteiger partial charge in [-0.05, 0) is 148 Å². The maximum atomic E-state index is 2.75. The van der Waals surface area contributed by atoms with Crippen LogP contribution < -0.4 is 9.13 Å². The summed E-state index contributed by atoms with van der Waals surface area (Å²) in [6.45, 7) is 12.9. The molecule has 0 radical (unpaired) electrons. The third-order valence-corrected chi connectivity index (χ3v) is 15.8. The Hall–Kier alpha value is -6.90. The molecule has 0 saturated heterocycles. The number of hydrogen-bond donors (Lipinski definition) is 0. The monoisotopic (exact) mass is 856 g/mol. The molecule has 7 aromatic carbocycles. The molecule has 66 heavy (non-hydrogen) atoms. The highest BCUT2D eigenvalue weighted by atomic mass is 15.1. The third kappa shape index (κ3) is 6.76. The molecule has 4 heterocycles. The number of nitrogens with zero attached hydrogens (tertiary/aromatic N) is 2. The molecule has 2 aliphatic heterocycles. The zero-order valence-corrected chi connectivity index (χ0v) is 39.2. The normalized spacial score (nSPS) is 18.3. The molecule has 0 spiro atoms. The van der Waals surface area contributed by atoms with Crippen molar-refractivity contribution in [3.63, 3.8) is 0 Å². The van der Waals surface area contributed by atoms with Crippen LogP contribution in [0.2, 0.25) is 0 Å². The highest BCUT2D eigenvalue weighted by Crippen LogP contribution is 2.58. The molecule has 324 valence electrons. The first-order valence-electron chi connectivity index (χ1n) is 24.4. The summed E-state index contributed by atoms with van der Waals surface area (Å²) in [6.07, 6.45) is 10.3. The first-order chi connectivity index (χ1) is 32.3. The number of rotatable bonds is 10. The van der Waals surface area contributed by atoms with Crippen molar-refractivity contribution in [3.05, 3.63) is 217 Å². The molecule has 3 atom stereocenters. The zero-order chi connectivity index (χ0) is 45.0. The van der Waals surface area contributed by atoms with Crippen molar-refractivity contribution in [3.8, 4) is 67.0 Å². The zero-order valence-electron chi connectivity index (χ0n) is 39.2. The van der Waals surface area contributed by atoms with E-state index in [1.54, 1.807) is 0 Å². The van der Waals surface area contributed by atoms with Gasteiger partial charge in [-0.2, -0.15) is 9.13 Å². The summed E-state index contributed by atoms with van der Waals surface area (Å²) in [5, 5.41) is 2.61. The van der Waals surface area contributed by atoms with Crippen LogP contribution in [0, 0.1) is 6.92 Å². The average Bonchev–Trinajstić information content (AvgIpc) is 3.38. The number of benzene rings is 7. The van der Waals surface area contributed by atoms with Gasteiger partial charge in [0.2, 0.25) is 11.4 Å². The van der Waals surface area contributed by atoms with Crippen LogP contribution in [-0.2, 0) is 23.9 Å². The highest BCUT2D eigenvalue weighted by Gasteiger charge is 2.65. The predicted molar refractivity (Wildman–Crippen MR) is 275 cm³/mol. The maximum absolute atomic E-state index is 2.75. The van der Waals surface area contributed by atoms with Crippen LogP contribution in [0.3, 0.4) is 0 Å². The number of aryl methyl sites for hydroxylation is 2. The number of hydrogen-bond acceptors (Lipinski definition) is 0. The molecule has 2 nitrogen and oxygen atoms in total. The minimum atomic E-state index is -0.249. The molecule has 3 unspecified atom stereocenters. The molecule has 0 fully saturated rings. The number of fused-ring (bicyclic) bond motifs is 8. The van der Waals surface area contributed by atoms with Gasteiger partial charge < -0.3 is 0 Å². The first kappa shape index (κ1) is 41.8. The van der Waals surface area contributed by atoms with Gasteiger partial charge in [0, 0.05) is 24.1 Å². The lowest BCUT2D eigenvalue weighted by molar-refractivity contribution is -0.787. The minimum Gasteiger partial charge on any atom is -0.197 e. The number of aromatic nitrogens is 2. The molecule has 0 saturated carbocycles. The smallest absolute Gasteiger partial charge is 0.197 e. The second kappa shape index (κ2) is 16.8. The second-order valence-corrected chi connectivity index (χ2v) is 19.3. The van der Waals surface area contributed by atoms with Crippen molar-refractivity contribution in [2.75, 3.05) is 0 Å². The SMILES string of the molecule is CCCCc1cccc(-c2cc(-c3ccccc3)cc(-c3cccc(-c4ccc5c(c4)-c4ccc(C)c[n+]4C(CC)(C4C[n+]6ccc7ccccc7c6-c6ccccc64)C5(C)CC)c3)c2)c1. The lowest BCUT2D eigenvalue weighted by Crippen LogP contribution is -2.73. The molecule has 0 amide bonds. The predicted octanol–water partition coefficient (Wildman–Crippen LogP) is 15.7. The Morgan fingerprint density at radius 2 is 1.20 bits per heavy atom. The van der Waals surface area contributed by atoms with Crippen molar-refractivity contribution < 1.29 is 9.13 Å². The minimum absolute atomic E-state index is 0.183. The molecule has 11 rings (SSSR count). The van der Waals surface area contributed by atoms with Gasteiger partial charge in [-0.15, -0.1) is 0 Å². The van der Waals surface area contributed by atoms with Gasteiger partial charge >= 0.3 is 0 Å². The Morgan fingerprint density at radius 1 is 0.545 bits per heavy atom. The second-order valence-electron chi connectivity index (χ2n) is 19.3. The van der Waals surface area contributed by atoms with Gasteiger partial charge in [0.15, 0.2) is 24.5 Å². The quantitative estimate of drug-likeness (QED) is 0.121. The van der Waals surface area contributed by atoms with E-state index in [4.69, 9.17) is 0 Å². The molecule has 2 aromatic heterocycles. The Kier molecular flexibility index (Phi) is 10.7. The Morgan fingerprint density at radius 3 is 1.97 bits per heavy atom. The fourth-order valence-electron chi connectivity index (χ4n) is 12.3. The lowest BCUT2D eigenvalue weighted by Gasteiger charge is -2.51. The molecule has 2 heteroatoms. The number of pyridine rings is 2. The maximum Gasteiger partial charge on any atom is 0.220 e. The van der Waals surface area contributed by atoms with Gasteiger partial charge in [-0.3, -0.25) is 0 Å². The summed E-state index contributed by atoms with van der Waals surface area (Å²) in [5.41, 5.74) is 20.4. The molecule has 0 bridgehead atoms. The lowest BCUT2D eigenvalue weighted by atomic mass is 9.53. The first-order valence-corrected chi connectivity index (χ1v) is 24.4. The summed E-state index contributed by atoms with van der Waals surface area (Å²) < 4.78 is 5.31. The van der Waals surface area contributed by atoms with Crippen LogP contribution in [0.4, 0.5) is 0 Å². The van der Waals surface area contributed by atoms with E-state index in [2.05, 4.69) is 238 Å². The van der Waals surface area contributed by atoms with Crippen LogP contribution in [0.1, 0.15) is 81.5 Å². The van der Waals surface area contributed by atoms with E-state index in [1.807, 2.05) is 0 Å². The molecular formula is C64H60N2+2. The van der Waals surface area contributed by atoms with E-state index in [0.29, 0.717) is 0 Å². The standard InChI is InChI=1S/C64H60N2/c1-6-9-19-45-20-17-24-48(36-45)53-38-52(46-21-11-10-12-22-46)39-54(40-53)50-26-18-25-49(37-50)51-31-32-59-58(41-51)61-33-30-44(4)42-66(61)64(8-3,63(59,5)7-2)60-43-65-35-34-47-23-13-14-27-55(47)62(65)57-29-16-15-28-56(57)60/h10-18,20-42,60H,6-9,19,43H2,1-5H3/q+2. The Bertz CT molecular complexity index is 3290. The van der Waals surface area contributed by atoms with Crippen LogP contribution in [0.25, 0.3) is 77.8 Å². The van der Waals surface area contributed by atoms with Gasteiger partial charge in [-0.25, -0.2) is 0 Å². The summed E-state index contributed by atoms with van der Waals surface area (Å²) in [5.74, 6) is 0.229. The van der Waals surface area contributed by atoms with Crippen LogP contribution in [0.5, 0.6) is 0 Å². The average molecular weight is 857 g/mol. The summed E-state index contributed by atoms with van der Waals surface area (Å²) in [7, 11) is 0. The third-order valence-electron chi connectivity index (χ3n) is 15.8. The van der Waals surface area contributed by atoms with Crippen molar-refractivity contribution in [2.45, 2.75) is 90.1 Å². The van der Waals surface area contributed by atoms with Crippen LogP contribution in [-0.4, -0.2) is 0 Å². The van der Waals surface area contributed by atoms with Gasteiger partial charge in [-0.1, -0.05) is 149 Å². The van der Waals surface area contributed by atoms with E-state index >= 15 is 0 Å². The van der Waals surface area contributed by atoms with E-state index < -0.39 is 0 Å². The van der Waals surface area contributed by atoms with Crippen molar-refractivity contribution in [1.29, 1.82) is 0 Å². The van der Waals surface area contributed by atoms with Gasteiger partial charge in [0.25, 0.3) is 0 Å². The van der Waals surface area contributed by atoms with Gasteiger partial charge in [0.1, 0.15) is 5.92 Å². The van der Waals surface area contributed by atoms with E-state index in [9.17, 15) is 0 Å².